The first-order valence-corrected chi connectivity index (χ1v) is 9.33. The van der Waals surface area contributed by atoms with E-state index in [1.165, 1.54) is 89.5 Å². The molecule has 0 saturated heterocycles. The van der Waals surface area contributed by atoms with Crippen LogP contribution in [0.4, 0.5) is 0 Å². The van der Waals surface area contributed by atoms with Crippen molar-refractivity contribution in [1.29, 1.82) is 0 Å². The predicted octanol–water partition coefficient (Wildman–Crippen LogP) is 6.66. The number of carboxylic acid groups (broad SMARTS) is 1. The number of carbonyl (C=O) groups is 1. The highest BCUT2D eigenvalue weighted by atomic mass is 16.4. The van der Waals surface area contributed by atoms with Gasteiger partial charge in [0.05, 0.1) is 0 Å². The van der Waals surface area contributed by atoms with Crippen molar-refractivity contribution >= 4 is 5.97 Å². The molecule has 0 fully saturated rings. The summed E-state index contributed by atoms with van der Waals surface area (Å²) < 4.78 is 0. The minimum absolute atomic E-state index is 0.884. The Morgan fingerprint density at radius 3 is 1.64 bits per heavy atom. The maximum atomic E-state index is 10.2. The molecule has 0 aromatic heterocycles. The van der Waals surface area contributed by atoms with Crippen molar-refractivity contribution in [2.45, 2.75) is 96.8 Å². The maximum absolute atomic E-state index is 10.2. The van der Waals surface area contributed by atoms with Gasteiger partial charge in [0.15, 0.2) is 0 Å². The molecule has 0 aliphatic heterocycles. The lowest BCUT2D eigenvalue weighted by Gasteiger charge is -2.02. The lowest BCUT2D eigenvalue weighted by atomic mass is 10.0. The van der Waals surface area contributed by atoms with Crippen molar-refractivity contribution < 1.29 is 9.90 Å². The Morgan fingerprint density at radius 2 is 1.18 bits per heavy atom. The van der Waals surface area contributed by atoms with E-state index in [1.807, 2.05) is 6.08 Å². The summed E-state index contributed by atoms with van der Waals surface area (Å²) in [6.45, 7) is 2.27. The molecule has 0 amide bonds. The van der Waals surface area contributed by atoms with Gasteiger partial charge in [-0.3, -0.25) is 0 Å². The molecule has 0 radical (unpaired) electrons. The van der Waals surface area contributed by atoms with E-state index in [0.29, 0.717) is 0 Å². The van der Waals surface area contributed by atoms with Crippen LogP contribution in [0.15, 0.2) is 24.3 Å². The Hall–Kier alpha value is -1.05. The van der Waals surface area contributed by atoms with Crippen LogP contribution in [0.3, 0.4) is 0 Å². The zero-order chi connectivity index (χ0) is 16.3. The molecule has 0 heterocycles. The molecule has 0 unspecified atom stereocenters. The van der Waals surface area contributed by atoms with E-state index in [4.69, 9.17) is 5.11 Å². The van der Waals surface area contributed by atoms with Crippen molar-refractivity contribution in [1.82, 2.24) is 0 Å². The van der Waals surface area contributed by atoms with Crippen molar-refractivity contribution in [2.24, 2.45) is 0 Å². The highest BCUT2D eigenvalue weighted by Crippen LogP contribution is 2.12. The molecule has 0 aliphatic carbocycles. The van der Waals surface area contributed by atoms with Gasteiger partial charge in [0.25, 0.3) is 0 Å². The second-order valence-corrected chi connectivity index (χ2v) is 6.16. The van der Waals surface area contributed by atoms with Crippen LogP contribution in [0.25, 0.3) is 0 Å². The Bertz CT molecular complexity index is 292. The summed E-state index contributed by atoms with van der Waals surface area (Å²) >= 11 is 0. The van der Waals surface area contributed by atoms with Crippen LogP contribution in [0.5, 0.6) is 0 Å². The summed E-state index contributed by atoms with van der Waals surface area (Å²) in [4.78, 5) is 10.2. The minimum atomic E-state index is -0.884. The fraction of sp³-hybridized carbons (Fsp3) is 0.750. The number of rotatable bonds is 16. The summed E-state index contributed by atoms with van der Waals surface area (Å²) in [6.07, 6.45) is 25.6. The monoisotopic (exact) mass is 308 g/mol. The number of hydrogen-bond acceptors (Lipinski definition) is 1. The van der Waals surface area contributed by atoms with E-state index in [0.717, 1.165) is 6.42 Å². The molecule has 0 rings (SSSR count). The molecule has 0 aromatic rings. The Balaban J connectivity index is 3.10. The molecule has 0 bridgehead atoms. The second-order valence-electron chi connectivity index (χ2n) is 6.16. The minimum Gasteiger partial charge on any atom is -0.478 e. The van der Waals surface area contributed by atoms with E-state index < -0.39 is 5.97 Å². The van der Waals surface area contributed by atoms with E-state index in [1.54, 1.807) is 6.08 Å². The quantitative estimate of drug-likeness (QED) is 0.196. The summed E-state index contributed by atoms with van der Waals surface area (Å²) in [5.74, 6) is -0.884. The van der Waals surface area contributed by atoms with Crippen LogP contribution in [0.2, 0.25) is 0 Å². The van der Waals surface area contributed by atoms with Crippen molar-refractivity contribution in [3.05, 3.63) is 24.3 Å². The molecule has 0 aliphatic rings. The van der Waals surface area contributed by atoms with Crippen LogP contribution in [-0.2, 0) is 4.79 Å². The molecule has 0 spiro atoms. The topological polar surface area (TPSA) is 37.3 Å². The average molecular weight is 309 g/mol. The van der Waals surface area contributed by atoms with E-state index in [9.17, 15) is 4.79 Å². The first-order chi connectivity index (χ1) is 10.8. The molecule has 0 aromatic carbocycles. The maximum Gasteiger partial charge on any atom is 0.328 e. The SMILES string of the molecule is CCCCCCCCCCCCCCC/C=C\C=CC(=O)O. The number of allylic oxidation sites excluding steroid dienone is 3. The normalized spacial score (nSPS) is 11.7. The summed E-state index contributed by atoms with van der Waals surface area (Å²) in [6, 6.07) is 0. The van der Waals surface area contributed by atoms with Crippen LogP contribution >= 0.6 is 0 Å². The van der Waals surface area contributed by atoms with Gasteiger partial charge in [0, 0.05) is 6.08 Å². The third kappa shape index (κ3) is 18.9. The summed E-state index contributed by atoms with van der Waals surface area (Å²) in [5, 5.41) is 8.42. The number of unbranched alkanes of at least 4 members (excludes halogenated alkanes) is 13. The van der Waals surface area contributed by atoms with Crippen LogP contribution in [-0.4, -0.2) is 11.1 Å². The first kappa shape index (κ1) is 20.9. The van der Waals surface area contributed by atoms with Gasteiger partial charge in [0.2, 0.25) is 0 Å². The predicted molar refractivity (Wildman–Crippen MR) is 96.2 cm³/mol. The molecule has 22 heavy (non-hydrogen) atoms. The number of hydrogen-bond donors (Lipinski definition) is 1. The van der Waals surface area contributed by atoms with Crippen molar-refractivity contribution in [3.8, 4) is 0 Å². The molecule has 0 saturated carbocycles. The smallest absolute Gasteiger partial charge is 0.328 e. The molecule has 2 heteroatoms. The Labute approximate surface area is 137 Å². The van der Waals surface area contributed by atoms with Crippen LogP contribution < -0.4 is 0 Å². The Kier molecular flexibility index (Phi) is 17.1. The van der Waals surface area contributed by atoms with Crippen molar-refractivity contribution in [3.63, 3.8) is 0 Å². The van der Waals surface area contributed by atoms with Gasteiger partial charge in [-0.25, -0.2) is 4.79 Å². The lowest BCUT2D eigenvalue weighted by molar-refractivity contribution is -0.131. The molecule has 1 N–H and O–H groups in total. The van der Waals surface area contributed by atoms with E-state index >= 15 is 0 Å². The molecule has 0 atom stereocenters. The molecular weight excluding hydrogens is 272 g/mol. The molecular formula is C20H36O2. The zero-order valence-corrected chi connectivity index (χ0v) is 14.6. The third-order valence-corrected chi connectivity index (χ3v) is 3.96. The molecule has 128 valence electrons. The van der Waals surface area contributed by atoms with Crippen LogP contribution in [0.1, 0.15) is 96.8 Å². The zero-order valence-electron chi connectivity index (χ0n) is 14.6. The number of carboxylic acids is 1. The second kappa shape index (κ2) is 18.0. The van der Waals surface area contributed by atoms with Gasteiger partial charge in [0.1, 0.15) is 0 Å². The van der Waals surface area contributed by atoms with Crippen LogP contribution in [0, 0.1) is 0 Å². The highest BCUT2D eigenvalue weighted by molar-refractivity contribution is 5.80. The standard InChI is InChI=1S/C20H36O2/c1-2-3-4-5-6-7-8-9-10-11-12-13-14-15-16-17-18-19-20(21)22/h16-19H,2-15H2,1H3,(H,21,22)/b17-16-,19-18?. The largest absolute Gasteiger partial charge is 0.478 e. The van der Waals surface area contributed by atoms with Gasteiger partial charge in [-0.05, 0) is 12.8 Å². The third-order valence-electron chi connectivity index (χ3n) is 3.96. The average Bonchev–Trinajstić information content (AvgIpc) is 2.50. The van der Waals surface area contributed by atoms with E-state index in [-0.39, 0.29) is 0 Å². The summed E-state index contributed by atoms with van der Waals surface area (Å²) in [5.41, 5.74) is 0. The summed E-state index contributed by atoms with van der Waals surface area (Å²) in [7, 11) is 0. The van der Waals surface area contributed by atoms with Gasteiger partial charge in [-0.1, -0.05) is 102 Å². The van der Waals surface area contributed by atoms with Crippen molar-refractivity contribution in [2.75, 3.05) is 0 Å². The lowest BCUT2D eigenvalue weighted by Crippen LogP contribution is -1.84. The fourth-order valence-corrected chi connectivity index (χ4v) is 2.59. The van der Waals surface area contributed by atoms with Gasteiger partial charge in [-0.2, -0.15) is 0 Å². The van der Waals surface area contributed by atoms with Gasteiger partial charge < -0.3 is 5.11 Å². The molecule has 2 nitrogen and oxygen atoms in total. The Morgan fingerprint density at radius 1 is 0.727 bits per heavy atom. The first-order valence-electron chi connectivity index (χ1n) is 9.33. The number of aliphatic carboxylic acids is 1. The van der Waals surface area contributed by atoms with E-state index in [2.05, 4.69) is 13.0 Å². The highest BCUT2D eigenvalue weighted by Gasteiger charge is 1.93. The fourth-order valence-electron chi connectivity index (χ4n) is 2.59. The van der Waals surface area contributed by atoms with Gasteiger partial charge >= 0.3 is 5.97 Å². The van der Waals surface area contributed by atoms with Gasteiger partial charge in [-0.15, -0.1) is 0 Å².